The van der Waals surface area contributed by atoms with Crippen LogP contribution in [0.15, 0.2) is 18.5 Å². The second-order valence-electron chi connectivity index (χ2n) is 6.57. The number of carbonyl (C=O) groups is 2. The topological polar surface area (TPSA) is 83.3 Å². The molecular formula is C19H23N3O4. The Morgan fingerprint density at radius 3 is 2.73 bits per heavy atom. The zero-order chi connectivity index (χ0) is 18.7. The Bertz CT molecular complexity index is 805. The van der Waals surface area contributed by atoms with Gasteiger partial charge in [0.25, 0.3) is 0 Å². The van der Waals surface area contributed by atoms with Gasteiger partial charge in [-0.05, 0) is 39.7 Å². The number of hydrogen-bond acceptors (Lipinski definition) is 6. The van der Waals surface area contributed by atoms with E-state index < -0.39 is 5.97 Å². The molecule has 2 aromatic rings. The summed E-state index contributed by atoms with van der Waals surface area (Å²) < 4.78 is 12.9. The van der Waals surface area contributed by atoms with E-state index in [9.17, 15) is 9.59 Å². The number of esters is 1. The Hall–Kier alpha value is -2.54. The van der Waals surface area contributed by atoms with Crippen LogP contribution in [0.2, 0.25) is 0 Å². The Labute approximate surface area is 152 Å². The lowest BCUT2D eigenvalue weighted by Crippen LogP contribution is -2.18. The van der Waals surface area contributed by atoms with Crippen LogP contribution in [-0.4, -0.2) is 45.6 Å². The normalized spacial score (nSPS) is 16.7. The fraction of sp³-hybridized carbons (Fsp3) is 0.474. The molecule has 1 aliphatic heterocycles. The summed E-state index contributed by atoms with van der Waals surface area (Å²) in [5.41, 5.74) is 3.23. The summed E-state index contributed by atoms with van der Waals surface area (Å²) in [6.07, 6.45) is 5.14. The molecule has 2 aromatic heterocycles. The number of ketones is 1. The quantitative estimate of drug-likeness (QED) is 0.583. The predicted molar refractivity (Wildman–Crippen MR) is 94.3 cm³/mol. The van der Waals surface area contributed by atoms with Crippen LogP contribution < -0.4 is 0 Å². The summed E-state index contributed by atoms with van der Waals surface area (Å²) in [7, 11) is 0. The van der Waals surface area contributed by atoms with Crippen LogP contribution in [0, 0.1) is 20.8 Å². The van der Waals surface area contributed by atoms with Crippen LogP contribution in [0.5, 0.6) is 0 Å². The van der Waals surface area contributed by atoms with Crippen molar-refractivity contribution in [2.75, 3.05) is 13.2 Å². The number of rotatable bonds is 6. The lowest BCUT2D eigenvalue weighted by molar-refractivity contribution is 0.0468. The number of aryl methyl sites for hydroxylation is 2. The minimum Gasteiger partial charge on any atom is -0.453 e. The lowest BCUT2D eigenvalue weighted by Gasteiger charge is -2.14. The smallest absolute Gasteiger partial charge is 0.358 e. The first kappa shape index (κ1) is 18.3. The number of nitrogens with zero attached hydrogens (tertiary/aromatic N) is 3. The molecule has 0 spiro atoms. The second-order valence-corrected chi connectivity index (χ2v) is 6.57. The maximum atomic E-state index is 12.5. The van der Waals surface area contributed by atoms with E-state index in [-0.39, 0.29) is 24.2 Å². The molecule has 0 amide bonds. The fourth-order valence-electron chi connectivity index (χ4n) is 3.14. The third-order valence-electron chi connectivity index (χ3n) is 4.61. The Balaban J connectivity index is 1.64. The molecule has 138 valence electrons. The molecule has 0 aliphatic carbocycles. The highest BCUT2D eigenvalue weighted by Crippen LogP contribution is 2.20. The summed E-state index contributed by atoms with van der Waals surface area (Å²) in [5, 5.41) is 0. The molecule has 1 saturated heterocycles. The summed E-state index contributed by atoms with van der Waals surface area (Å²) >= 11 is 0. The van der Waals surface area contributed by atoms with E-state index in [1.165, 1.54) is 12.4 Å². The zero-order valence-corrected chi connectivity index (χ0v) is 15.3. The molecule has 0 radical (unpaired) electrons. The van der Waals surface area contributed by atoms with Crippen molar-refractivity contribution in [2.45, 2.75) is 46.3 Å². The van der Waals surface area contributed by atoms with E-state index in [2.05, 4.69) is 14.5 Å². The minimum atomic E-state index is -0.654. The highest BCUT2D eigenvalue weighted by Gasteiger charge is 2.22. The van der Waals surface area contributed by atoms with Crippen molar-refractivity contribution < 1.29 is 19.1 Å². The summed E-state index contributed by atoms with van der Waals surface area (Å²) in [6.45, 7) is 6.86. The molecule has 26 heavy (non-hydrogen) atoms. The van der Waals surface area contributed by atoms with Crippen LogP contribution in [0.4, 0.5) is 0 Å². The molecule has 3 heterocycles. The van der Waals surface area contributed by atoms with Gasteiger partial charge in [-0.1, -0.05) is 0 Å². The number of aromatic nitrogens is 3. The maximum Gasteiger partial charge on any atom is 0.358 e. The van der Waals surface area contributed by atoms with Crippen LogP contribution in [-0.2, 0) is 16.0 Å². The van der Waals surface area contributed by atoms with Crippen LogP contribution >= 0.6 is 0 Å². The predicted octanol–water partition coefficient (Wildman–Crippen LogP) is 2.42. The van der Waals surface area contributed by atoms with E-state index in [0.717, 1.165) is 37.4 Å². The first-order valence-corrected chi connectivity index (χ1v) is 8.73. The van der Waals surface area contributed by atoms with Gasteiger partial charge < -0.3 is 14.0 Å². The molecule has 0 aromatic carbocycles. The van der Waals surface area contributed by atoms with Crippen molar-refractivity contribution in [3.8, 4) is 0 Å². The molecule has 1 fully saturated rings. The number of ether oxygens (including phenoxy) is 2. The highest BCUT2D eigenvalue weighted by atomic mass is 16.5. The Morgan fingerprint density at radius 1 is 1.27 bits per heavy atom. The van der Waals surface area contributed by atoms with Crippen LogP contribution in [0.3, 0.4) is 0 Å². The van der Waals surface area contributed by atoms with Crippen LogP contribution in [0.1, 0.15) is 50.8 Å². The SMILES string of the molecule is Cc1cnc(C(=O)OCC(=O)c2cc(C)n(CC3CCCO3)c2C)cn1. The second kappa shape index (κ2) is 7.78. The molecule has 3 rings (SSSR count). The van der Waals surface area contributed by atoms with Gasteiger partial charge in [-0.25, -0.2) is 9.78 Å². The average Bonchev–Trinajstić information content (AvgIpc) is 3.24. The van der Waals surface area contributed by atoms with Gasteiger partial charge in [-0.15, -0.1) is 0 Å². The van der Waals surface area contributed by atoms with E-state index in [1.54, 1.807) is 6.92 Å². The van der Waals surface area contributed by atoms with Crippen molar-refractivity contribution in [2.24, 2.45) is 0 Å². The van der Waals surface area contributed by atoms with Crippen molar-refractivity contribution >= 4 is 11.8 Å². The molecule has 1 unspecified atom stereocenters. The molecule has 0 saturated carbocycles. The molecular weight excluding hydrogens is 334 g/mol. The van der Waals surface area contributed by atoms with Gasteiger partial charge in [0.1, 0.15) is 0 Å². The molecule has 1 aliphatic rings. The Morgan fingerprint density at radius 2 is 2.08 bits per heavy atom. The lowest BCUT2D eigenvalue weighted by atomic mass is 10.1. The number of carbonyl (C=O) groups excluding carboxylic acids is 2. The first-order chi connectivity index (χ1) is 12.5. The first-order valence-electron chi connectivity index (χ1n) is 8.73. The summed E-state index contributed by atoms with van der Waals surface area (Å²) in [5.74, 6) is -0.885. The van der Waals surface area contributed by atoms with Crippen molar-refractivity contribution in [3.05, 3.63) is 46.8 Å². The fourth-order valence-corrected chi connectivity index (χ4v) is 3.14. The van der Waals surface area contributed by atoms with Gasteiger partial charge in [0.2, 0.25) is 5.78 Å². The third kappa shape index (κ3) is 3.99. The monoisotopic (exact) mass is 357 g/mol. The molecule has 0 N–H and O–H groups in total. The van der Waals surface area contributed by atoms with Gasteiger partial charge in [-0.2, -0.15) is 0 Å². The van der Waals surface area contributed by atoms with Gasteiger partial charge in [0.15, 0.2) is 12.3 Å². The molecule has 0 bridgehead atoms. The van der Waals surface area contributed by atoms with Gasteiger partial charge in [0, 0.05) is 36.3 Å². The zero-order valence-electron chi connectivity index (χ0n) is 15.3. The number of hydrogen-bond donors (Lipinski definition) is 0. The van der Waals surface area contributed by atoms with E-state index in [0.29, 0.717) is 11.3 Å². The third-order valence-corrected chi connectivity index (χ3v) is 4.61. The molecule has 7 heteroatoms. The van der Waals surface area contributed by atoms with Crippen LogP contribution in [0.25, 0.3) is 0 Å². The van der Waals surface area contributed by atoms with E-state index >= 15 is 0 Å². The van der Waals surface area contributed by atoms with Crippen molar-refractivity contribution in [1.82, 2.24) is 14.5 Å². The Kier molecular flexibility index (Phi) is 5.46. The average molecular weight is 357 g/mol. The summed E-state index contributed by atoms with van der Waals surface area (Å²) in [4.78, 5) is 32.4. The highest BCUT2D eigenvalue weighted by molar-refractivity contribution is 6.00. The molecule has 7 nitrogen and oxygen atoms in total. The molecule has 1 atom stereocenters. The maximum absolute atomic E-state index is 12.5. The summed E-state index contributed by atoms with van der Waals surface area (Å²) in [6, 6.07) is 1.84. The van der Waals surface area contributed by atoms with E-state index in [4.69, 9.17) is 9.47 Å². The van der Waals surface area contributed by atoms with Gasteiger partial charge in [-0.3, -0.25) is 9.78 Å². The standard InChI is InChI=1S/C19H23N3O4/c1-12-8-21-17(9-20-12)19(24)26-11-18(23)16-7-13(2)22(14(16)3)10-15-5-4-6-25-15/h7-9,15H,4-6,10-11H2,1-3H3. The number of Topliss-reactive ketones (excluding diaryl/α,β-unsaturated/α-hetero) is 1. The van der Waals surface area contributed by atoms with Gasteiger partial charge >= 0.3 is 5.97 Å². The van der Waals surface area contributed by atoms with Gasteiger partial charge in [0.05, 0.1) is 18.0 Å². The minimum absolute atomic E-state index is 0.0901. The van der Waals surface area contributed by atoms with Crippen molar-refractivity contribution in [1.29, 1.82) is 0 Å². The largest absolute Gasteiger partial charge is 0.453 e. The van der Waals surface area contributed by atoms with E-state index in [1.807, 2.05) is 19.9 Å². The van der Waals surface area contributed by atoms with Crippen molar-refractivity contribution in [3.63, 3.8) is 0 Å².